The lowest BCUT2D eigenvalue weighted by Crippen LogP contribution is -2.20. The van der Waals surface area contributed by atoms with Gasteiger partial charge in [-0.3, -0.25) is 9.59 Å². The smallest absolute Gasteiger partial charge is 0.266 e. The van der Waals surface area contributed by atoms with Gasteiger partial charge in [0.2, 0.25) is 0 Å². The van der Waals surface area contributed by atoms with E-state index in [0.29, 0.717) is 44.4 Å². The highest BCUT2D eigenvalue weighted by molar-refractivity contribution is 9.10. The van der Waals surface area contributed by atoms with Crippen molar-refractivity contribution in [3.05, 3.63) is 73.6 Å². The number of hydrogen-bond acceptors (Lipinski definition) is 7. The van der Waals surface area contributed by atoms with E-state index in [-0.39, 0.29) is 18.1 Å². The van der Waals surface area contributed by atoms with Gasteiger partial charge in [-0.15, -0.1) is 11.3 Å². The number of ether oxygens (including phenoxy) is 2. The molecule has 0 unspecified atom stereocenters. The summed E-state index contributed by atoms with van der Waals surface area (Å²) in [6.07, 6.45) is 5.22. The van der Waals surface area contributed by atoms with Crippen LogP contribution in [0.5, 0.6) is 11.5 Å². The van der Waals surface area contributed by atoms with Crippen LogP contribution in [0.15, 0.2) is 46.4 Å². The normalized spacial score (nSPS) is 12.5. The number of carbonyl (C=O) groups excluding carboxylic acids is 2. The first kappa shape index (κ1) is 28.9. The number of rotatable bonds is 9. The molecule has 1 aliphatic carbocycles. The molecule has 10 heteroatoms. The van der Waals surface area contributed by atoms with Crippen molar-refractivity contribution in [1.29, 1.82) is 10.5 Å². The fourth-order valence-electron chi connectivity index (χ4n) is 4.27. The topological polar surface area (TPSA) is 124 Å². The number of anilines is 2. The van der Waals surface area contributed by atoms with E-state index in [4.69, 9.17) is 9.47 Å². The lowest BCUT2D eigenvalue weighted by Gasteiger charge is -2.14. The highest BCUT2D eigenvalue weighted by Gasteiger charge is 2.23. The third-order valence-electron chi connectivity index (χ3n) is 6.23. The lowest BCUT2D eigenvalue weighted by molar-refractivity contribution is -0.118. The van der Waals surface area contributed by atoms with Crippen LogP contribution >= 0.6 is 27.3 Å². The number of carbonyl (C=O) groups is 2. The Morgan fingerprint density at radius 3 is 2.50 bits per heavy atom. The second kappa shape index (κ2) is 13.3. The Bertz CT molecular complexity index is 1550. The molecule has 204 valence electrons. The summed E-state index contributed by atoms with van der Waals surface area (Å²) < 4.78 is 12.0. The zero-order valence-electron chi connectivity index (χ0n) is 22.1. The summed E-state index contributed by atoms with van der Waals surface area (Å²) in [7, 11) is 0. The molecule has 1 aliphatic rings. The summed E-state index contributed by atoms with van der Waals surface area (Å²) in [5.74, 6) is -0.247. The number of nitrogens with one attached hydrogen (secondary N) is 2. The fraction of sp³-hybridized carbons (Fsp3) is 0.267. The van der Waals surface area contributed by atoms with Crippen LogP contribution in [0.3, 0.4) is 0 Å². The van der Waals surface area contributed by atoms with Crippen molar-refractivity contribution >= 4 is 55.8 Å². The van der Waals surface area contributed by atoms with Gasteiger partial charge in [0.25, 0.3) is 11.8 Å². The van der Waals surface area contributed by atoms with E-state index in [2.05, 4.69) is 32.6 Å². The second-order valence-electron chi connectivity index (χ2n) is 9.11. The van der Waals surface area contributed by atoms with Gasteiger partial charge >= 0.3 is 0 Å². The second-order valence-corrected chi connectivity index (χ2v) is 11.1. The van der Waals surface area contributed by atoms with Gasteiger partial charge in [-0.25, -0.2) is 0 Å². The highest BCUT2D eigenvalue weighted by atomic mass is 79.9. The molecule has 0 spiro atoms. The van der Waals surface area contributed by atoms with Crippen molar-refractivity contribution in [1.82, 2.24) is 0 Å². The molecule has 40 heavy (non-hydrogen) atoms. The average molecular weight is 620 g/mol. The molecule has 0 fully saturated rings. The van der Waals surface area contributed by atoms with E-state index < -0.39 is 5.91 Å². The van der Waals surface area contributed by atoms with Crippen LogP contribution in [0.4, 0.5) is 10.7 Å². The van der Waals surface area contributed by atoms with Crippen molar-refractivity contribution < 1.29 is 19.1 Å². The first-order valence-electron chi connectivity index (χ1n) is 12.8. The summed E-state index contributed by atoms with van der Waals surface area (Å²) in [5.41, 5.74) is 3.62. The van der Waals surface area contributed by atoms with Crippen molar-refractivity contribution in [3.63, 3.8) is 0 Å². The maximum atomic E-state index is 13.0. The molecule has 0 saturated carbocycles. The van der Waals surface area contributed by atoms with Crippen molar-refractivity contribution in [3.8, 4) is 23.6 Å². The van der Waals surface area contributed by atoms with Crippen molar-refractivity contribution in [2.24, 2.45) is 0 Å². The van der Waals surface area contributed by atoms with E-state index in [1.54, 1.807) is 12.1 Å². The average Bonchev–Trinajstić information content (AvgIpc) is 3.30. The zero-order valence-corrected chi connectivity index (χ0v) is 24.5. The van der Waals surface area contributed by atoms with E-state index in [0.717, 1.165) is 41.7 Å². The molecule has 0 saturated heterocycles. The monoisotopic (exact) mass is 618 g/mol. The van der Waals surface area contributed by atoms with Crippen LogP contribution in [0.1, 0.15) is 46.9 Å². The van der Waals surface area contributed by atoms with Gasteiger partial charge in [-0.2, -0.15) is 10.5 Å². The van der Waals surface area contributed by atoms with Crippen LogP contribution in [-0.4, -0.2) is 25.0 Å². The molecule has 8 nitrogen and oxygen atoms in total. The SMILES string of the molecule is CCOc1cc(/C=C(\C#N)C(=O)Nc2sc3c(c2C#N)CCCC3)c(Br)cc1OCC(=O)Nc1ccc(C)cc1. The number of fused-ring (bicyclic) bond motifs is 1. The molecular formula is C30H27BrN4O4S. The Hall–Kier alpha value is -4.12. The van der Waals surface area contributed by atoms with Gasteiger partial charge in [-0.05, 0) is 81.0 Å². The van der Waals surface area contributed by atoms with Crippen LogP contribution in [0.25, 0.3) is 6.08 Å². The Kier molecular flexibility index (Phi) is 9.60. The Morgan fingerprint density at radius 1 is 1.07 bits per heavy atom. The molecular weight excluding hydrogens is 592 g/mol. The number of benzene rings is 2. The third kappa shape index (κ3) is 6.90. The minimum atomic E-state index is -0.601. The molecule has 0 radical (unpaired) electrons. The quantitative estimate of drug-likeness (QED) is 0.207. The first-order valence-corrected chi connectivity index (χ1v) is 14.4. The summed E-state index contributed by atoms with van der Waals surface area (Å²) in [6.45, 7) is 3.87. The Labute approximate surface area is 245 Å². The van der Waals surface area contributed by atoms with Crippen LogP contribution in [-0.2, 0) is 22.4 Å². The fourth-order valence-corrected chi connectivity index (χ4v) is 5.94. The summed E-state index contributed by atoms with van der Waals surface area (Å²) in [6, 6.07) is 14.9. The molecule has 0 aliphatic heterocycles. The number of hydrogen-bond donors (Lipinski definition) is 2. The number of nitrogens with zero attached hydrogens (tertiary/aromatic N) is 2. The van der Waals surface area contributed by atoms with Crippen LogP contribution in [0, 0.1) is 29.6 Å². The van der Waals surface area contributed by atoms with Crippen molar-refractivity contribution in [2.45, 2.75) is 39.5 Å². The van der Waals surface area contributed by atoms with Crippen LogP contribution in [0.2, 0.25) is 0 Å². The van der Waals surface area contributed by atoms with E-state index in [9.17, 15) is 20.1 Å². The summed E-state index contributed by atoms with van der Waals surface area (Å²) in [4.78, 5) is 26.6. The predicted molar refractivity (Wildman–Crippen MR) is 159 cm³/mol. The molecule has 2 aromatic carbocycles. The van der Waals surface area contributed by atoms with Crippen molar-refractivity contribution in [2.75, 3.05) is 23.8 Å². The maximum absolute atomic E-state index is 13.0. The molecule has 1 aromatic heterocycles. The molecule has 4 rings (SSSR count). The Morgan fingerprint density at radius 2 is 1.80 bits per heavy atom. The molecule has 2 N–H and O–H groups in total. The number of amides is 2. The van der Waals surface area contributed by atoms with Gasteiger partial charge in [0.1, 0.15) is 22.7 Å². The number of halogens is 1. The standard InChI is InChI=1S/C30H27BrN4O4S/c1-3-38-25-13-19(24(31)14-26(25)39-17-28(36)34-21-10-8-18(2)9-11-21)12-20(15-32)29(37)35-30-23(16-33)22-6-4-5-7-27(22)40-30/h8-14H,3-7,17H2,1-2H3,(H,34,36)(H,35,37)/b20-12+. The van der Waals surface area contributed by atoms with E-state index >= 15 is 0 Å². The van der Waals surface area contributed by atoms with Crippen LogP contribution < -0.4 is 20.1 Å². The molecule has 3 aromatic rings. The summed E-state index contributed by atoms with van der Waals surface area (Å²) >= 11 is 4.87. The molecule has 0 atom stereocenters. The minimum absolute atomic E-state index is 0.135. The van der Waals surface area contributed by atoms with Gasteiger partial charge in [0, 0.05) is 15.0 Å². The zero-order chi connectivity index (χ0) is 28.6. The summed E-state index contributed by atoms with van der Waals surface area (Å²) in [5, 5.41) is 25.5. The Balaban J connectivity index is 1.51. The lowest BCUT2D eigenvalue weighted by atomic mass is 9.96. The number of aryl methyl sites for hydroxylation is 2. The van der Waals surface area contributed by atoms with Gasteiger partial charge in [-0.1, -0.05) is 33.6 Å². The third-order valence-corrected chi connectivity index (χ3v) is 8.13. The maximum Gasteiger partial charge on any atom is 0.266 e. The van der Waals surface area contributed by atoms with Gasteiger partial charge in [0.15, 0.2) is 18.1 Å². The first-order chi connectivity index (χ1) is 19.3. The molecule has 0 bridgehead atoms. The minimum Gasteiger partial charge on any atom is -0.490 e. The highest BCUT2D eigenvalue weighted by Crippen LogP contribution is 2.38. The molecule has 1 heterocycles. The largest absolute Gasteiger partial charge is 0.490 e. The van der Waals surface area contributed by atoms with Gasteiger partial charge in [0.05, 0.1) is 12.2 Å². The van der Waals surface area contributed by atoms with Gasteiger partial charge < -0.3 is 20.1 Å². The number of nitriles is 2. The number of thiophene rings is 1. The van der Waals surface area contributed by atoms with E-state index in [1.807, 2.05) is 44.2 Å². The predicted octanol–water partition coefficient (Wildman–Crippen LogP) is 6.53. The molecule has 2 amide bonds. The van der Waals surface area contributed by atoms with E-state index in [1.165, 1.54) is 17.4 Å².